The molecule has 1 aliphatic heterocycles. The standard InChI is InChI=1S/C17H22N2O3/c1-12-4-8-14(9-5-12)22-11-16(20)19-10-2-3-15(19)17(21)18-13-6-7-13/h4-5,8-9,13,15H,2-3,6-7,10-11H2,1H3,(H,18,21)/t15-/m1/s1. The molecule has 22 heavy (non-hydrogen) atoms. The monoisotopic (exact) mass is 302 g/mol. The highest BCUT2D eigenvalue weighted by molar-refractivity contribution is 5.89. The maximum atomic E-state index is 12.3. The molecule has 1 saturated carbocycles. The molecule has 1 heterocycles. The lowest BCUT2D eigenvalue weighted by Gasteiger charge is -2.24. The molecule has 118 valence electrons. The molecule has 1 aromatic carbocycles. The van der Waals surface area contributed by atoms with E-state index in [1.165, 1.54) is 0 Å². The number of nitrogens with zero attached hydrogens (tertiary/aromatic N) is 1. The Morgan fingerprint density at radius 2 is 1.95 bits per heavy atom. The summed E-state index contributed by atoms with van der Waals surface area (Å²) < 4.78 is 5.53. The minimum atomic E-state index is -0.324. The number of amides is 2. The maximum Gasteiger partial charge on any atom is 0.261 e. The first kappa shape index (κ1) is 14.9. The first-order chi connectivity index (χ1) is 10.6. The van der Waals surface area contributed by atoms with Crippen LogP contribution in [0.2, 0.25) is 0 Å². The lowest BCUT2D eigenvalue weighted by atomic mass is 10.2. The summed E-state index contributed by atoms with van der Waals surface area (Å²) >= 11 is 0. The molecule has 1 atom stereocenters. The number of hydrogen-bond acceptors (Lipinski definition) is 3. The SMILES string of the molecule is Cc1ccc(OCC(=O)N2CCC[C@@H]2C(=O)NC2CC2)cc1. The number of benzene rings is 1. The second kappa shape index (κ2) is 6.38. The molecule has 2 aliphatic rings. The molecule has 5 heteroatoms. The third kappa shape index (κ3) is 3.59. The fourth-order valence-corrected chi connectivity index (χ4v) is 2.73. The van der Waals surface area contributed by atoms with Crippen molar-refractivity contribution in [2.24, 2.45) is 0 Å². The molecule has 0 bridgehead atoms. The first-order valence-electron chi connectivity index (χ1n) is 7.93. The molecule has 1 saturated heterocycles. The summed E-state index contributed by atoms with van der Waals surface area (Å²) in [4.78, 5) is 26.2. The normalized spacial score (nSPS) is 20.8. The molecule has 2 fully saturated rings. The zero-order valence-electron chi connectivity index (χ0n) is 12.9. The van der Waals surface area contributed by atoms with Crippen LogP contribution in [0, 0.1) is 6.92 Å². The lowest BCUT2D eigenvalue weighted by Crippen LogP contribution is -2.47. The van der Waals surface area contributed by atoms with Crippen LogP contribution >= 0.6 is 0 Å². The van der Waals surface area contributed by atoms with Crippen molar-refractivity contribution in [3.05, 3.63) is 29.8 Å². The van der Waals surface area contributed by atoms with Crippen molar-refractivity contribution in [1.29, 1.82) is 0 Å². The quantitative estimate of drug-likeness (QED) is 0.899. The Hall–Kier alpha value is -2.04. The van der Waals surface area contributed by atoms with Crippen LogP contribution in [0.1, 0.15) is 31.2 Å². The minimum absolute atomic E-state index is 0.0105. The van der Waals surface area contributed by atoms with Crippen LogP contribution in [0.25, 0.3) is 0 Å². The molecule has 0 radical (unpaired) electrons. The first-order valence-corrected chi connectivity index (χ1v) is 7.93. The van der Waals surface area contributed by atoms with Gasteiger partial charge in [0.15, 0.2) is 6.61 Å². The summed E-state index contributed by atoms with van der Waals surface area (Å²) in [7, 11) is 0. The van der Waals surface area contributed by atoms with Crippen molar-refractivity contribution in [1.82, 2.24) is 10.2 Å². The predicted octanol–water partition coefficient (Wildman–Crippen LogP) is 1.64. The van der Waals surface area contributed by atoms with Gasteiger partial charge in [-0.2, -0.15) is 0 Å². The van der Waals surface area contributed by atoms with Gasteiger partial charge in [-0.1, -0.05) is 17.7 Å². The van der Waals surface area contributed by atoms with E-state index in [0.29, 0.717) is 18.3 Å². The van der Waals surface area contributed by atoms with E-state index in [4.69, 9.17) is 4.74 Å². The Balaban J connectivity index is 1.53. The number of nitrogens with one attached hydrogen (secondary N) is 1. The number of likely N-dealkylation sites (tertiary alicyclic amines) is 1. The Kier molecular flexibility index (Phi) is 4.32. The van der Waals surface area contributed by atoms with Gasteiger partial charge in [0.05, 0.1) is 0 Å². The molecule has 1 N–H and O–H groups in total. The van der Waals surface area contributed by atoms with Crippen LogP contribution in [0.4, 0.5) is 0 Å². The maximum absolute atomic E-state index is 12.3. The van der Waals surface area contributed by atoms with Gasteiger partial charge in [0.1, 0.15) is 11.8 Å². The molecule has 1 aromatic rings. The molecule has 5 nitrogen and oxygen atoms in total. The third-order valence-electron chi connectivity index (χ3n) is 4.18. The van der Waals surface area contributed by atoms with Gasteiger partial charge < -0.3 is 15.0 Å². The summed E-state index contributed by atoms with van der Waals surface area (Å²) in [5.41, 5.74) is 1.15. The summed E-state index contributed by atoms with van der Waals surface area (Å²) in [6.45, 7) is 2.62. The van der Waals surface area contributed by atoms with Crippen molar-refractivity contribution in [2.45, 2.75) is 44.7 Å². The van der Waals surface area contributed by atoms with Crippen molar-refractivity contribution >= 4 is 11.8 Å². The van der Waals surface area contributed by atoms with Gasteiger partial charge in [-0.25, -0.2) is 0 Å². The highest BCUT2D eigenvalue weighted by Crippen LogP contribution is 2.22. The van der Waals surface area contributed by atoms with E-state index in [9.17, 15) is 9.59 Å². The smallest absolute Gasteiger partial charge is 0.261 e. The molecule has 0 spiro atoms. The summed E-state index contributed by atoms with van der Waals surface area (Å²) in [6, 6.07) is 7.60. The largest absolute Gasteiger partial charge is 0.484 e. The zero-order valence-corrected chi connectivity index (χ0v) is 12.9. The fraction of sp³-hybridized carbons (Fsp3) is 0.529. The number of carbonyl (C=O) groups is 2. The predicted molar refractivity (Wildman–Crippen MR) is 82.6 cm³/mol. The molecular formula is C17H22N2O3. The average molecular weight is 302 g/mol. The summed E-state index contributed by atoms with van der Waals surface area (Å²) in [5.74, 6) is 0.551. The van der Waals surface area contributed by atoms with Crippen LogP contribution in [0.3, 0.4) is 0 Å². The van der Waals surface area contributed by atoms with Crippen LogP contribution in [-0.2, 0) is 9.59 Å². The van der Waals surface area contributed by atoms with Crippen LogP contribution in [0.15, 0.2) is 24.3 Å². The molecule has 0 unspecified atom stereocenters. The summed E-state index contributed by atoms with van der Waals surface area (Å²) in [6.07, 6.45) is 3.74. The molecule has 2 amide bonds. The van der Waals surface area contributed by atoms with E-state index in [2.05, 4.69) is 5.32 Å². The van der Waals surface area contributed by atoms with Gasteiger partial charge in [-0.05, 0) is 44.7 Å². The number of rotatable bonds is 5. The Labute approximate surface area is 130 Å². The summed E-state index contributed by atoms with van der Waals surface area (Å²) in [5, 5.41) is 2.99. The van der Waals surface area contributed by atoms with Crippen LogP contribution in [-0.4, -0.2) is 41.9 Å². The van der Waals surface area contributed by atoms with Gasteiger partial charge in [0.2, 0.25) is 5.91 Å². The molecular weight excluding hydrogens is 280 g/mol. The topological polar surface area (TPSA) is 58.6 Å². The van der Waals surface area contributed by atoms with Gasteiger partial charge in [0, 0.05) is 12.6 Å². The molecule has 0 aromatic heterocycles. The number of carbonyl (C=O) groups excluding carboxylic acids is 2. The van der Waals surface area contributed by atoms with Gasteiger partial charge in [-0.15, -0.1) is 0 Å². The number of aryl methyl sites for hydroxylation is 1. The minimum Gasteiger partial charge on any atom is -0.484 e. The van der Waals surface area contributed by atoms with E-state index in [-0.39, 0.29) is 24.5 Å². The molecule has 3 rings (SSSR count). The van der Waals surface area contributed by atoms with Gasteiger partial charge in [-0.3, -0.25) is 9.59 Å². The van der Waals surface area contributed by atoms with Crippen molar-refractivity contribution in [3.8, 4) is 5.75 Å². The van der Waals surface area contributed by atoms with E-state index < -0.39 is 0 Å². The lowest BCUT2D eigenvalue weighted by molar-refractivity contribution is -0.140. The van der Waals surface area contributed by atoms with Gasteiger partial charge in [0.25, 0.3) is 5.91 Å². The number of hydrogen-bond donors (Lipinski definition) is 1. The van der Waals surface area contributed by atoms with Crippen LogP contribution in [0.5, 0.6) is 5.75 Å². The second-order valence-corrected chi connectivity index (χ2v) is 6.13. The average Bonchev–Trinajstić information content (AvgIpc) is 3.18. The Morgan fingerprint density at radius 3 is 2.64 bits per heavy atom. The highest BCUT2D eigenvalue weighted by Gasteiger charge is 2.36. The highest BCUT2D eigenvalue weighted by atomic mass is 16.5. The molecule has 1 aliphatic carbocycles. The Bertz CT molecular complexity index is 552. The van der Waals surface area contributed by atoms with Crippen molar-refractivity contribution in [3.63, 3.8) is 0 Å². The third-order valence-corrected chi connectivity index (χ3v) is 4.18. The van der Waals surface area contributed by atoms with E-state index >= 15 is 0 Å². The Morgan fingerprint density at radius 1 is 1.23 bits per heavy atom. The van der Waals surface area contributed by atoms with E-state index in [0.717, 1.165) is 31.2 Å². The van der Waals surface area contributed by atoms with Crippen molar-refractivity contribution < 1.29 is 14.3 Å². The van der Waals surface area contributed by atoms with Crippen molar-refractivity contribution in [2.75, 3.05) is 13.2 Å². The fourth-order valence-electron chi connectivity index (χ4n) is 2.73. The van der Waals surface area contributed by atoms with E-state index in [1.807, 2.05) is 31.2 Å². The van der Waals surface area contributed by atoms with E-state index in [1.54, 1.807) is 4.90 Å². The van der Waals surface area contributed by atoms with Gasteiger partial charge >= 0.3 is 0 Å². The second-order valence-electron chi connectivity index (χ2n) is 6.13. The van der Waals surface area contributed by atoms with Crippen LogP contribution < -0.4 is 10.1 Å². The zero-order chi connectivity index (χ0) is 15.5. The number of ether oxygens (including phenoxy) is 1.